The van der Waals surface area contributed by atoms with Crippen LogP contribution in [0.3, 0.4) is 0 Å². The van der Waals surface area contributed by atoms with Crippen molar-refractivity contribution in [2.75, 3.05) is 0 Å². The summed E-state index contributed by atoms with van der Waals surface area (Å²) in [7, 11) is 0. The molecular weight excluding hydrogens is 214 g/mol. The molecule has 2 heterocycles. The van der Waals surface area contributed by atoms with Crippen LogP contribution < -0.4 is 4.74 Å². The standard InChI is InChI=1S/C14H13NO2/c1-9(2)17-14-12-3-4-13-11(6-8-16-13)10(12)5-7-15-14/h3-9H,1-2H3. The molecule has 0 atom stereocenters. The van der Waals surface area contributed by atoms with E-state index in [4.69, 9.17) is 9.15 Å². The molecule has 0 unspecified atom stereocenters. The summed E-state index contributed by atoms with van der Waals surface area (Å²) in [6.45, 7) is 3.99. The molecule has 0 aliphatic heterocycles. The maximum atomic E-state index is 5.71. The molecule has 0 spiro atoms. The highest BCUT2D eigenvalue weighted by atomic mass is 16.5. The number of benzene rings is 1. The number of furan rings is 1. The lowest BCUT2D eigenvalue weighted by Crippen LogP contribution is -2.07. The number of rotatable bonds is 2. The Bertz CT molecular complexity index is 670. The minimum absolute atomic E-state index is 0.119. The Hall–Kier alpha value is -2.03. The zero-order valence-corrected chi connectivity index (χ0v) is 9.81. The van der Waals surface area contributed by atoms with Crippen LogP contribution in [0.5, 0.6) is 5.88 Å². The van der Waals surface area contributed by atoms with Crippen molar-refractivity contribution in [3.63, 3.8) is 0 Å². The van der Waals surface area contributed by atoms with E-state index in [0.29, 0.717) is 5.88 Å². The van der Waals surface area contributed by atoms with Gasteiger partial charge in [-0.1, -0.05) is 0 Å². The lowest BCUT2D eigenvalue weighted by molar-refractivity contribution is 0.236. The summed E-state index contributed by atoms with van der Waals surface area (Å²) in [6.07, 6.45) is 3.59. The minimum atomic E-state index is 0.119. The highest BCUT2D eigenvalue weighted by Crippen LogP contribution is 2.30. The largest absolute Gasteiger partial charge is 0.475 e. The van der Waals surface area contributed by atoms with Gasteiger partial charge in [0.2, 0.25) is 5.88 Å². The van der Waals surface area contributed by atoms with Gasteiger partial charge in [-0.3, -0.25) is 0 Å². The molecule has 0 amide bonds. The van der Waals surface area contributed by atoms with E-state index in [1.807, 2.05) is 38.1 Å². The number of hydrogen-bond acceptors (Lipinski definition) is 3. The smallest absolute Gasteiger partial charge is 0.221 e. The molecule has 2 aromatic heterocycles. The van der Waals surface area contributed by atoms with Crippen LogP contribution in [0.15, 0.2) is 41.1 Å². The van der Waals surface area contributed by atoms with Crippen molar-refractivity contribution in [3.8, 4) is 5.88 Å². The third kappa shape index (κ3) is 1.64. The molecule has 0 bridgehead atoms. The summed E-state index contributed by atoms with van der Waals surface area (Å²) < 4.78 is 11.1. The first kappa shape index (κ1) is 10.1. The van der Waals surface area contributed by atoms with Crippen molar-refractivity contribution in [1.82, 2.24) is 4.98 Å². The number of fused-ring (bicyclic) bond motifs is 3. The van der Waals surface area contributed by atoms with Gasteiger partial charge in [0.1, 0.15) is 5.58 Å². The van der Waals surface area contributed by atoms with Gasteiger partial charge in [-0.05, 0) is 43.5 Å². The maximum absolute atomic E-state index is 5.71. The molecule has 0 radical (unpaired) electrons. The van der Waals surface area contributed by atoms with Crippen molar-refractivity contribution < 1.29 is 9.15 Å². The Morgan fingerprint density at radius 1 is 1.06 bits per heavy atom. The summed E-state index contributed by atoms with van der Waals surface area (Å²) in [5.41, 5.74) is 0.888. The van der Waals surface area contributed by atoms with Gasteiger partial charge in [0, 0.05) is 17.0 Å². The summed E-state index contributed by atoms with van der Waals surface area (Å²) in [5, 5.41) is 3.23. The van der Waals surface area contributed by atoms with Gasteiger partial charge in [0.05, 0.1) is 12.4 Å². The zero-order valence-electron chi connectivity index (χ0n) is 9.81. The maximum Gasteiger partial charge on any atom is 0.221 e. The zero-order chi connectivity index (χ0) is 11.8. The van der Waals surface area contributed by atoms with Gasteiger partial charge in [-0.25, -0.2) is 4.98 Å². The van der Waals surface area contributed by atoms with Crippen LogP contribution in [-0.2, 0) is 0 Å². The van der Waals surface area contributed by atoms with Gasteiger partial charge < -0.3 is 9.15 Å². The van der Waals surface area contributed by atoms with Gasteiger partial charge in [0.25, 0.3) is 0 Å². The Kier molecular flexibility index (Phi) is 2.25. The fourth-order valence-electron chi connectivity index (χ4n) is 2.00. The third-order valence-electron chi connectivity index (χ3n) is 2.69. The van der Waals surface area contributed by atoms with Crippen molar-refractivity contribution in [2.24, 2.45) is 0 Å². The van der Waals surface area contributed by atoms with E-state index in [0.717, 1.165) is 21.7 Å². The van der Waals surface area contributed by atoms with E-state index < -0.39 is 0 Å². The third-order valence-corrected chi connectivity index (χ3v) is 2.69. The van der Waals surface area contributed by atoms with Crippen LogP contribution in [0.25, 0.3) is 21.7 Å². The van der Waals surface area contributed by atoms with Crippen LogP contribution in [0, 0.1) is 0 Å². The van der Waals surface area contributed by atoms with Crippen LogP contribution in [0.1, 0.15) is 13.8 Å². The molecule has 3 heteroatoms. The average Bonchev–Trinajstić information content (AvgIpc) is 2.76. The SMILES string of the molecule is CC(C)Oc1nccc2c1ccc1occc12. The molecule has 0 fully saturated rings. The molecule has 0 saturated carbocycles. The second kappa shape index (κ2) is 3.77. The van der Waals surface area contributed by atoms with Gasteiger partial charge in [0.15, 0.2) is 0 Å². The molecule has 3 rings (SSSR count). The van der Waals surface area contributed by atoms with E-state index in [2.05, 4.69) is 4.98 Å². The second-order valence-electron chi connectivity index (χ2n) is 4.28. The number of nitrogens with zero attached hydrogens (tertiary/aromatic N) is 1. The Balaban J connectivity index is 2.31. The fraction of sp³-hybridized carbons (Fsp3) is 0.214. The van der Waals surface area contributed by atoms with Crippen LogP contribution in [-0.4, -0.2) is 11.1 Å². The fourth-order valence-corrected chi connectivity index (χ4v) is 2.00. The summed E-state index contributed by atoms with van der Waals surface area (Å²) in [4.78, 5) is 4.29. The molecule has 0 saturated heterocycles. The van der Waals surface area contributed by atoms with Crippen molar-refractivity contribution in [2.45, 2.75) is 20.0 Å². The summed E-state index contributed by atoms with van der Waals surface area (Å²) >= 11 is 0. The van der Waals surface area contributed by atoms with Gasteiger partial charge in [-0.2, -0.15) is 0 Å². The van der Waals surface area contributed by atoms with Crippen LogP contribution in [0.4, 0.5) is 0 Å². The molecule has 0 N–H and O–H groups in total. The lowest BCUT2D eigenvalue weighted by Gasteiger charge is -2.10. The minimum Gasteiger partial charge on any atom is -0.475 e. The Labute approximate surface area is 99.0 Å². The van der Waals surface area contributed by atoms with E-state index >= 15 is 0 Å². The highest BCUT2D eigenvalue weighted by molar-refractivity contribution is 6.07. The van der Waals surface area contributed by atoms with Gasteiger partial charge in [-0.15, -0.1) is 0 Å². The highest BCUT2D eigenvalue weighted by Gasteiger charge is 2.09. The van der Waals surface area contributed by atoms with Crippen LogP contribution in [0.2, 0.25) is 0 Å². The molecule has 1 aromatic carbocycles. The monoisotopic (exact) mass is 227 g/mol. The number of hydrogen-bond donors (Lipinski definition) is 0. The molecule has 17 heavy (non-hydrogen) atoms. The van der Waals surface area contributed by atoms with E-state index in [1.165, 1.54) is 0 Å². The molecule has 3 aromatic rings. The van der Waals surface area contributed by atoms with E-state index in [9.17, 15) is 0 Å². The van der Waals surface area contributed by atoms with Crippen molar-refractivity contribution in [1.29, 1.82) is 0 Å². The predicted molar refractivity (Wildman–Crippen MR) is 67.3 cm³/mol. The molecular formula is C14H13NO2. The van der Waals surface area contributed by atoms with E-state index in [-0.39, 0.29) is 6.10 Å². The second-order valence-corrected chi connectivity index (χ2v) is 4.28. The number of ether oxygens (including phenoxy) is 1. The first-order valence-corrected chi connectivity index (χ1v) is 5.67. The first-order chi connectivity index (χ1) is 8.25. The average molecular weight is 227 g/mol. The number of pyridine rings is 1. The lowest BCUT2D eigenvalue weighted by atomic mass is 10.1. The molecule has 0 aliphatic rings. The Morgan fingerprint density at radius 2 is 1.94 bits per heavy atom. The Morgan fingerprint density at radius 3 is 2.76 bits per heavy atom. The number of aromatic nitrogens is 1. The molecule has 3 nitrogen and oxygen atoms in total. The van der Waals surface area contributed by atoms with Crippen molar-refractivity contribution in [3.05, 3.63) is 36.7 Å². The molecule has 86 valence electrons. The topological polar surface area (TPSA) is 35.3 Å². The van der Waals surface area contributed by atoms with E-state index in [1.54, 1.807) is 12.5 Å². The van der Waals surface area contributed by atoms with Crippen molar-refractivity contribution >= 4 is 21.7 Å². The van der Waals surface area contributed by atoms with Crippen LogP contribution >= 0.6 is 0 Å². The van der Waals surface area contributed by atoms with Gasteiger partial charge >= 0.3 is 0 Å². The normalized spacial score (nSPS) is 11.5. The predicted octanol–water partition coefficient (Wildman–Crippen LogP) is 3.77. The quantitative estimate of drug-likeness (QED) is 0.668. The molecule has 0 aliphatic carbocycles. The first-order valence-electron chi connectivity index (χ1n) is 5.67. The summed E-state index contributed by atoms with van der Waals surface area (Å²) in [6, 6.07) is 7.90. The summed E-state index contributed by atoms with van der Waals surface area (Å²) in [5.74, 6) is 0.681.